The molecule has 2 aromatic carbocycles. The number of para-hydroxylation sites is 1. The fourth-order valence-electron chi connectivity index (χ4n) is 3.11. The molecule has 1 aliphatic heterocycles. The van der Waals surface area contributed by atoms with E-state index in [9.17, 15) is 4.79 Å². The van der Waals surface area contributed by atoms with Crippen LogP contribution in [0.15, 0.2) is 54.9 Å². The molecule has 0 saturated carbocycles. The Balaban J connectivity index is 1.55. The zero-order valence-corrected chi connectivity index (χ0v) is 13.3. The molecule has 2 heterocycles. The summed E-state index contributed by atoms with van der Waals surface area (Å²) in [6.45, 7) is 2.22. The lowest BCUT2D eigenvalue weighted by molar-refractivity contribution is 0.102. The summed E-state index contributed by atoms with van der Waals surface area (Å²) in [5, 5.41) is 3.68. The van der Waals surface area contributed by atoms with Gasteiger partial charge in [-0.15, -0.1) is 0 Å². The van der Waals surface area contributed by atoms with Crippen LogP contribution in [0.3, 0.4) is 0 Å². The monoisotopic (exact) mass is 318 g/mol. The largest absolute Gasteiger partial charge is 0.372 e. The van der Waals surface area contributed by atoms with Crippen molar-refractivity contribution in [3.8, 4) is 0 Å². The molecule has 0 aliphatic carbocycles. The Morgan fingerprint density at radius 2 is 1.71 bits per heavy atom. The average molecular weight is 318 g/mol. The Hall–Kier alpha value is -2.95. The molecular formula is C19H18N4O. The first-order valence-corrected chi connectivity index (χ1v) is 8.17. The summed E-state index contributed by atoms with van der Waals surface area (Å²) in [7, 11) is 0. The number of carbonyl (C=O) groups is 1. The first-order chi connectivity index (χ1) is 11.8. The lowest BCUT2D eigenvalue weighted by atomic mass is 10.1. The summed E-state index contributed by atoms with van der Waals surface area (Å²) < 4.78 is 0. The number of nitrogens with zero attached hydrogens (tertiary/aromatic N) is 3. The normalized spacial score (nSPS) is 14.1. The Morgan fingerprint density at radius 1 is 0.958 bits per heavy atom. The Labute approximate surface area is 140 Å². The predicted molar refractivity (Wildman–Crippen MR) is 95.4 cm³/mol. The number of amides is 1. The number of benzene rings is 2. The van der Waals surface area contributed by atoms with Gasteiger partial charge < -0.3 is 10.2 Å². The summed E-state index contributed by atoms with van der Waals surface area (Å²) in [5.41, 5.74) is 3.13. The van der Waals surface area contributed by atoms with E-state index in [4.69, 9.17) is 0 Å². The van der Waals surface area contributed by atoms with E-state index in [0.29, 0.717) is 5.69 Å². The van der Waals surface area contributed by atoms with Gasteiger partial charge in [-0.1, -0.05) is 18.2 Å². The van der Waals surface area contributed by atoms with Gasteiger partial charge in [0.15, 0.2) is 0 Å². The van der Waals surface area contributed by atoms with Crippen LogP contribution in [0.25, 0.3) is 10.9 Å². The highest BCUT2D eigenvalue weighted by molar-refractivity contribution is 6.10. The van der Waals surface area contributed by atoms with E-state index in [1.807, 2.05) is 36.4 Å². The minimum absolute atomic E-state index is 0.220. The molecule has 1 N–H and O–H groups in total. The SMILES string of the molecule is O=C(Nc1ccc(N2CCCC2)cc1)c1ncnc2ccccc12. The van der Waals surface area contributed by atoms with Gasteiger partial charge in [0.2, 0.25) is 0 Å². The Morgan fingerprint density at radius 3 is 2.50 bits per heavy atom. The zero-order valence-electron chi connectivity index (χ0n) is 13.3. The number of anilines is 2. The van der Waals surface area contributed by atoms with Crippen LogP contribution in [-0.4, -0.2) is 29.0 Å². The summed E-state index contributed by atoms with van der Waals surface area (Å²) in [6.07, 6.45) is 3.92. The first kappa shape index (κ1) is 14.6. The van der Waals surface area contributed by atoms with Crippen molar-refractivity contribution in [1.29, 1.82) is 0 Å². The second kappa shape index (κ2) is 6.28. The molecule has 0 bridgehead atoms. The summed E-state index contributed by atoms with van der Waals surface area (Å²) in [5.74, 6) is -0.220. The fourth-order valence-corrected chi connectivity index (χ4v) is 3.11. The zero-order chi connectivity index (χ0) is 16.4. The molecule has 1 saturated heterocycles. The standard InChI is InChI=1S/C19H18N4O/c24-19(18-16-5-1-2-6-17(16)20-13-21-18)22-14-7-9-15(10-8-14)23-11-3-4-12-23/h1-2,5-10,13H,3-4,11-12H2,(H,22,24). The molecule has 1 fully saturated rings. The van der Waals surface area contributed by atoms with E-state index in [-0.39, 0.29) is 5.91 Å². The van der Waals surface area contributed by atoms with Crippen molar-refractivity contribution in [3.05, 3.63) is 60.6 Å². The van der Waals surface area contributed by atoms with Crippen LogP contribution in [0.5, 0.6) is 0 Å². The third kappa shape index (κ3) is 2.80. The maximum Gasteiger partial charge on any atom is 0.275 e. The predicted octanol–water partition coefficient (Wildman–Crippen LogP) is 3.48. The van der Waals surface area contributed by atoms with Gasteiger partial charge in [-0.25, -0.2) is 9.97 Å². The lowest BCUT2D eigenvalue weighted by Crippen LogP contribution is -2.18. The second-order valence-electron chi connectivity index (χ2n) is 5.93. The van der Waals surface area contributed by atoms with E-state index in [1.54, 1.807) is 0 Å². The molecule has 0 atom stereocenters. The van der Waals surface area contributed by atoms with Crippen molar-refractivity contribution in [3.63, 3.8) is 0 Å². The molecule has 5 nitrogen and oxygen atoms in total. The number of nitrogens with one attached hydrogen (secondary N) is 1. The number of hydrogen-bond donors (Lipinski definition) is 1. The number of aromatic nitrogens is 2. The van der Waals surface area contributed by atoms with Gasteiger partial charge in [0.1, 0.15) is 12.0 Å². The summed E-state index contributed by atoms with van der Waals surface area (Å²) in [4.78, 5) is 23.3. The van der Waals surface area contributed by atoms with Gasteiger partial charge in [0.25, 0.3) is 5.91 Å². The van der Waals surface area contributed by atoms with Crippen molar-refractivity contribution in [2.45, 2.75) is 12.8 Å². The molecular weight excluding hydrogens is 300 g/mol. The highest BCUT2D eigenvalue weighted by Gasteiger charge is 2.14. The van der Waals surface area contributed by atoms with Crippen LogP contribution in [0, 0.1) is 0 Å². The van der Waals surface area contributed by atoms with Gasteiger partial charge in [-0.3, -0.25) is 4.79 Å². The minimum Gasteiger partial charge on any atom is -0.372 e. The second-order valence-corrected chi connectivity index (χ2v) is 5.93. The van der Waals surface area contributed by atoms with E-state index in [1.165, 1.54) is 24.9 Å². The molecule has 1 amide bonds. The molecule has 0 unspecified atom stereocenters. The van der Waals surface area contributed by atoms with Gasteiger partial charge in [0.05, 0.1) is 5.52 Å². The molecule has 120 valence electrons. The lowest BCUT2D eigenvalue weighted by Gasteiger charge is -2.17. The van der Waals surface area contributed by atoms with Crippen LogP contribution < -0.4 is 10.2 Å². The molecule has 1 aromatic heterocycles. The van der Waals surface area contributed by atoms with Crippen molar-refractivity contribution in [1.82, 2.24) is 9.97 Å². The Bertz CT molecular complexity index is 865. The average Bonchev–Trinajstić information content (AvgIpc) is 3.16. The van der Waals surface area contributed by atoms with Crippen LogP contribution in [0.1, 0.15) is 23.3 Å². The molecule has 4 rings (SSSR count). The van der Waals surface area contributed by atoms with E-state index < -0.39 is 0 Å². The van der Waals surface area contributed by atoms with Crippen LogP contribution in [0.4, 0.5) is 11.4 Å². The third-order valence-corrected chi connectivity index (χ3v) is 4.35. The van der Waals surface area contributed by atoms with Crippen LogP contribution in [-0.2, 0) is 0 Å². The number of carbonyl (C=O) groups excluding carboxylic acids is 1. The molecule has 24 heavy (non-hydrogen) atoms. The quantitative estimate of drug-likeness (QED) is 0.803. The van der Waals surface area contributed by atoms with Crippen molar-refractivity contribution in [2.24, 2.45) is 0 Å². The van der Waals surface area contributed by atoms with E-state index >= 15 is 0 Å². The Kier molecular flexibility index (Phi) is 3.83. The van der Waals surface area contributed by atoms with E-state index in [2.05, 4.69) is 32.3 Å². The van der Waals surface area contributed by atoms with Crippen LogP contribution >= 0.6 is 0 Å². The first-order valence-electron chi connectivity index (χ1n) is 8.17. The van der Waals surface area contributed by atoms with Crippen molar-refractivity contribution >= 4 is 28.2 Å². The van der Waals surface area contributed by atoms with Gasteiger partial charge in [-0.05, 0) is 43.2 Å². The molecule has 3 aromatic rings. The molecule has 0 radical (unpaired) electrons. The molecule has 5 heteroatoms. The van der Waals surface area contributed by atoms with Gasteiger partial charge in [0, 0.05) is 29.9 Å². The number of fused-ring (bicyclic) bond motifs is 1. The molecule has 0 spiro atoms. The maximum atomic E-state index is 12.6. The van der Waals surface area contributed by atoms with Gasteiger partial charge in [-0.2, -0.15) is 0 Å². The molecule has 1 aliphatic rings. The smallest absolute Gasteiger partial charge is 0.275 e. The third-order valence-electron chi connectivity index (χ3n) is 4.35. The summed E-state index contributed by atoms with van der Waals surface area (Å²) >= 11 is 0. The van der Waals surface area contributed by atoms with Crippen molar-refractivity contribution in [2.75, 3.05) is 23.3 Å². The summed E-state index contributed by atoms with van der Waals surface area (Å²) in [6, 6.07) is 15.5. The number of hydrogen-bond acceptors (Lipinski definition) is 4. The highest BCUT2D eigenvalue weighted by atomic mass is 16.1. The highest BCUT2D eigenvalue weighted by Crippen LogP contribution is 2.22. The van der Waals surface area contributed by atoms with Crippen LogP contribution in [0.2, 0.25) is 0 Å². The van der Waals surface area contributed by atoms with Gasteiger partial charge >= 0.3 is 0 Å². The van der Waals surface area contributed by atoms with Crippen molar-refractivity contribution < 1.29 is 4.79 Å². The fraction of sp³-hybridized carbons (Fsp3) is 0.211. The van der Waals surface area contributed by atoms with E-state index in [0.717, 1.165) is 29.7 Å². The number of rotatable bonds is 3. The maximum absolute atomic E-state index is 12.6. The minimum atomic E-state index is -0.220. The topological polar surface area (TPSA) is 58.1 Å².